The second-order valence-corrected chi connectivity index (χ2v) is 7.72. The van der Waals surface area contributed by atoms with Crippen molar-refractivity contribution >= 4 is 11.5 Å². The molecule has 3 heteroatoms. The van der Waals surface area contributed by atoms with Crippen LogP contribution in [0.25, 0.3) is 5.57 Å². The van der Waals surface area contributed by atoms with Crippen LogP contribution in [0.2, 0.25) is 0 Å². The molecule has 2 aromatic carbocycles. The van der Waals surface area contributed by atoms with Gasteiger partial charge in [0.2, 0.25) is 0 Å². The number of nitrogens with zero attached hydrogens (tertiary/aromatic N) is 1. The van der Waals surface area contributed by atoms with E-state index < -0.39 is 0 Å². The Morgan fingerprint density at radius 1 is 1.18 bits per heavy atom. The van der Waals surface area contributed by atoms with Gasteiger partial charge >= 0.3 is 5.97 Å². The Kier molecular flexibility index (Phi) is 6.66. The zero-order chi connectivity index (χ0) is 19.9. The fourth-order valence-corrected chi connectivity index (χ4v) is 3.68. The first kappa shape index (κ1) is 19.9. The average molecular weight is 373 g/mol. The Labute approximate surface area is 167 Å². The van der Waals surface area contributed by atoms with Gasteiger partial charge in [0.25, 0.3) is 0 Å². The molecule has 0 N–H and O–H groups in total. The maximum absolute atomic E-state index is 12.3. The topological polar surface area (TPSA) is 50.1 Å². The zero-order valence-electron chi connectivity index (χ0n) is 16.7. The van der Waals surface area contributed by atoms with E-state index in [2.05, 4.69) is 19.9 Å². The molecule has 1 aliphatic rings. The highest BCUT2D eigenvalue weighted by Gasteiger charge is 2.18. The lowest BCUT2D eigenvalue weighted by atomic mass is 9.81. The van der Waals surface area contributed by atoms with Gasteiger partial charge in [0.05, 0.1) is 17.2 Å². The SMILES string of the molecule is CCC(C)CC1CC=C(c2ccc(C(=O)Oc3ccc(C#N)cc3)cc2)CC1. The van der Waals surface area contributed by atoms with E-state index in [-0.39, 0.29) is 5.97 Å². The number of hydrogen-bond acceptors (Lipinski definition) is 3. The van der Waals surface area contributed by atoms with Crippen LogP contribution >= 0.6 is 0 Å². The van der Waals surface area contributed by atoms with E-state index in [1.807, 2.05) is 30.3 Å². The van der Waals surface area contributed by atoms with Crippen LogP contribution in [-0.2, 0) is 0 Å². The van der Waals surface area contributed by atoms with E-state index >= 15 is 0 Å². The number of allylic oxidation sites excluding steroid dienone is 2. The minimum Gasteiger partial charge on any atom is -0.423 e. The molecule has 28 heavy (non-hydrogen) atoms. The van der Waals surface area contributed by atoms with E-state index in [1.165, 1.54) is 30.4 Å². The molecule has 2 aromatic rings. The molecule has 0 saturated carbocycles. The molecular formula is C25H27NO2. The molecule has 3 nitrogen and oxygen atoms in total. The molecule has 144 valence electrons. The maximum Gasteiger partial charge on any atom is 0.343 e. The van der Waals surface area contributed by atoms with Crippen molar-refractivity contribution in [2.24, 2.45) is 11.8 Å². The average Bonchev–Trinajstić information content (AvgIpc) is 2.75. The molecule has 2 unspecified atom stereocenters. The van der Waals surface area contributed by atoms with Gasteiger partial charge in [-0.25, -0.2) is 4.79 Å². The van der Waals surface area contributed by atoms with Crippen molar-refractivity contribution in [3.8, 4) is 11.8 Å². The van der Waals surface area contributed by atoms with Crippen molar-refractivity contribution in [1.82, 2.24) is 0 Å². The first-order valence-corrected chi connectivity index (χ1v) is 10.1. The third-order valence-corrected chi connectivity index (χ3v) is 5.64. The molecule has 0 fully saturated rings. The minimum absolute atomic E-state index is 0.387. The van der Waals surface area contributed by atoms with Crippen LogP contribution in [0.3, 0.4) is 0 Å². The van der Waals surface area contributed by atoms with Gasteiger partial charge in [-0.1, -0.05) is 38.5 Å². The van der Waals surface area contributed by atoms with Crippen LogP contribution < -0.4 is 4.74 Å². The monoisotopic (exact) mass is 373 g/mol. The third-order valence-electron chi connectivity index (χ3n) is 5.64. The lowest BCUT2D eigenvalue weighted by Crippen LogP contribution is -2.10. The Morgan fingerprint density at radius 2 is 1.89 bits per heavy atom. The predicted molar refractivity (Wildman–Crippen MR) is 112 cm³/mol. The molecule has 0 heterocycles. The van der Waals surface area contributed by atoms with Gasteiger partial charge in [0.1, 0.15) is 5.75 Å². The molecule has 0 aromatic heterocycles. The summed E-state index contributed by atoms with van der Waals surface area (Å²) in [6.45, 7) is 4.61. The molecule has 2 atom stereocenters. The standard InChI is InChI=1S/C25H27NO2/c1-3-18(2)16-19-4-8-21(9-5-19)22-10-12-23(13-11-22)25(27)28-24-14-6-20(17-26)7-15-24/h6-8,10-15,18-19H,3-5,9,16H2,1-2H3. The minimum atomic E-state index is -0.387. The molecule has 0 radical (unpaired) electrons. The van der Waals surface area contributed by atoms with E-state index in [0.717, 1.165) is 24.7 Å². The number of carbonyl (C=O) groups is 1. The van der Waals surface area contributed by atoms with Crippen molar-refractivity contribution in [1.29, 1.82) is 5.26 Å². The number of nitriles is 1. The second kappa shape index (κ2) is 9.37. The molecule has 0 spiro atoms. The van der Waals surface area contributed by atoms with Crippen LogP contribution in [-0.4, -0.2) is 5.97 Å². The number of esters is 1. The van der Waals surface area contributed by atoms with Gasteiger partial charge in [-0.2, -0.15) is 5.26 Å². The summed E-state index contributed by atoms with van der Waals surface area (Å²) >= 11 is 0. The summed E-state index contributed by atoms with van der Waals surface area (Å²) in [6, 6.07) is 16.3. The number of rotatable bonds is 6. The second-order valence-electron chi connectivity index (χ2n) is 7.72. The smallest absolute Gasteiger partial charge is 0.343 e. The number of benzene rings is 2. The highest BCUT2D eigenvalue weighted by molar-refractivity contribution is 5.91. The summed E-state index contributed by atoms with van der Waals surface area (Å²) in [4.78, 5) is 12.3. The molecule has 0 bridgehead atoms. The van der Waals surface area contributed by atoms with Gasteiger partial charge in [-0.3, -0.25) is 0 Å². The van der Waals surface area contributed by atoms with Gasteiger partial charge < -0.3 is 4.74 Å². The summed E-state index contributed by atoms with van der Waals surface area (Å²) in [7, 11) is 0. The first-order valence-electron chi connectivity index (χ1n) is 10.1. The predicted octanol–water partition coefficient (Wildman–Crippen LogP) is 6.40. The first-order chi connectivity index (χ1) is 13.6. The normalized spacial score (nSPS) is 17.3. The van der Waals surface area contributed by atoms with E-state index in [1.54, 1.807) is 24.3 Å². The summed E-state index contributed by atoms with van der Waals surface area (Å²) < 4.78 is 5.38. The van der Waals surface area contributed by atoms with Gasteiger partial charge in [-0.15, -0.1) is 0 Å². The lowest BCUT2D eigenvalue weighted by Gasteiger charge is -2.24. The van der Waals surface area contributed by atoms with Gasteiger partial charge in [0.15, 0.2) is 0 Å². The summed E-state index contributed by atoms with van der Waals surface area (Å²) in [6.07, 6.45) is 8.46. The van der Waals surface area contributed by atoms with Gasteiger partial charge in [-0.05, 0) is 85.1 Å². The largest absolute Gasteiger partial charge is 0.423 e. The quantitative estimate of drug-likeness (QED) is 0.435. The van der Waals surface area contributed by atoms with E-state index in [9.17, 15) is 4.79 Å². The third kappa shape index (κ3) is 5.10. The number of carbonyl (C=O) groups excluding carboxylic acids is 1. The molecule has 0 amide bonds. The molecule has 1 aliphatic carbocycles. The number of ether oxygens (including phenoxy) is 1. The molecule has 3 rings (SSSR count). The Hall–Kier alpha value is -2.86. The van der Waals surface area contributed by atoms with E-state index in [0.29, 0.717) is 16.9 Å². The van der Waals surface area contributed by atoms with Crippen molar-refractivity contribution in [2.75, 3.05) is 0 Å². The highest BCUT2D eigenvalue weighted by Crippen LogP contribution is 2.34. The van der Waals surface area contributed by atoms with Crippen LogP contribution in [0.4, 0.5) is 0 Å². The van der Waals surface area contributed by atoms with Crippen molar-refractivity contribution < 1.29 is 9.53 Å². The van der Waals surface area contributed by atoms with Crippen LogP contribution in [0, 0.1) is 23.2 Å². The molecule has 0 saturated heterocycles. The van der Waals surface area contributed by atoms with Crippen LogP contribution in [0.15, 0.2) is 54.6 Å². The highest BCUT2D eigenvalue weighted by atomic mass is 16.5. The van der Waals surface area contributed by atoms with Crippen LogP contribution in [0.1, 0.15) is 67.4 Å². The number of hydrogen-bond donors (Lipinski definition) is 0. The summed E-state index contributed by atoms with van der Waals surface area (Å²) in [5.41, 5.74) is 3.64. The fourth-order valence-electron chi connectivity index (χ4n) is 3.68. The van der Waals surface area contributed by atoms with Crippen LogP contribution in [0.5, 0.6) is 5.75 Å². The Morgan fingerprint density at radius 3 is 2.46 bits per heavy atom. The summed E-state index contributed by atoms with van der Waals surface area (Å²) in [5, 5.41) is 8.82. The maximum atomic E-state index is 12.3. The molecular weight excluding hydrogens is 346 g/mol. The Balaban J connectivity index is 1.60. The fraction of sp³-hybridized carbons (Fsp3) is 0.360. The summed E-state index contributed by atoms with van der Waals surface area (Å²) in [5.74, 6) is 1.67. The molecule has 0 aliphatic heterocycles. The van der Waals surface area contributed by atoms with Crippen molar-refractivity contribution in [3.05, 3.63) is 71.3 Å². The Bertz CT molecular complexity index is 872. The van der Waals surface area contributed by atoms with E-state index in [4.69, 9.17) is 10.00 Å². The zero-order valence-corrected chi connectivity index (χ0v) is 16.7. The lowest BCUT2D eigenvalue weighted by molar-refractivity contribution is 0.0735. The van der Waals surface area contributed by atoms with Gasteiger partial charge in [0, 0.05) is 0 Å². The van der Waals surface area contributed by atoms with Crippen molar-refractivity contribution in [3.63, 3.8) is 0 Å². The van der Waals surface area contributed by atoms with Crippen molar-refractivity contribution in [2.45, 2.75) is 46.0 Å².